The van der Waals surface area contributed by atoms with E-state index in [0.717, 1.165) is 29.9 Å². The van der Waals surface area contributed by atoms with Gasteiger partial charge in [0.05, 0.1) is 18.1 Å². The Balaban J connectivity index is 1.77. The third kappa shape index (κ3) is 2.25. The van der Waals surface area contributed by atoms with Gasteiger partial charge in [0, 0.05) is 18.7 Å². The summed E-state index contributed by atoms with van der Waals surface area (Å²) in [5.74, 6) is 1.37. The molecule has 0 saturated carbocycles. The number of rotatable bonds is 2. The average molecular weight is 307 g/mol. The zero-order chi connectivity index (χ0) is 15.8. The van der Waals surface area contributed by atoms with Crippen LogP contribution in [0.5, 0.6) is 5.75 Å². The van der Waals surface area contributed by atoms with Crippen molar-refractivity contribution in [2.24, 2.45) is 0 Å². The summed E-state index contributed by atoms with van der Waals surface area (Å²) in [4.78, 5) is 19.3. The van der Waals surface area contributed by atoms with Crippen molar-refractivity contribution in [1.82, 2.24) is 9.55 Å². The van der Waals surface area contributed by atoms with E-state index in [1.54, 1.807) is 18.1 Å². The molecule has 1 amide bonds. The van der Waals surface area contributed by atoms with Gasteiger partial charge >= 0.3 is 0 Å². The van der Waals surface area contributed by atoms with Gasteiger partial charge in [0.25, 0.3) is 5.91 Å². The quantitative estimate of drug-likeness (QED) is 0.731. The number of hydrogen-bond donors (Lipinski definition) is 0. The first-order chi connectivity index (χ1) is 11.3. The number of carbonyl (C=O) groups excluding carboxylic acids is 1. The summed E-state index contributed by atoms with van der Waals surface area (Å²) in [5, 5.41) is 0. The van der Waals surface area contributed by atoms with Gasteiger partial charge in [0.15, 0.2) is 0 Å². The van der Waals surface area contributed by atoms with Crippen molar-refractivity contribution >= 4 is 22.9 Å². The topological polar surface area (TPSA) is 47.4 Å². The van der Waals surface area contributed by atoms with Crippen LogP contribution in [0.1, 0.15) is 16.8 Å². The fourth-order valence-electron chi connectivity index (χ4n) is 3.08. The van der Waals surface area contributed by atoms with Crippen LogP contribution in [0.15, 0.2) is 48.5 Å². The first-order valence-corrected chi connectivity index (χ1v) is 7.69. The van der Waals surface area contributed by atoms with Crippen LogP contribution in [0.4, 0.5) is 5.95 Å². The fourth-order valence-corrected chi connectivity index (χ4v) is 3.08. The molecule has 0 atom stereocenters. The minimum absolute atomic E-state index is 0.0415. The van der Waals surface area contributed by atoms with Gasteiger partial charge in [-0.3, -0.25) is 9.69 Å². The number of fused-ring (bicyclic) bond motifs is 3. The van der Waals surface area contributed by atoms with Crippen molar-refractivity contribution in [3.63, 3.8) is 0 Å². The largest absolute Gasteiger partial charge is 0.497 e. The van der Waals surface area contributed by atoms with Crippen LogP contribution in [-0.4, -0.2) is 29.1 Å². The van der Waals surface area contributed by atoms with Crippen LogP contribution in [0.2, 0.25) is 0 Å². The van der Waals surface area contributed by atoms with E-state index in [4.69, 9.17) is 4.74 Å². The molecule has 116 valence electrons. The second-order valence-electron chi connectivity index (χ2n) is 5.59. The molecule has 1 aromatic heterocycles. The molecule has 3 aromatic rings. The maximum atomic E-state index is 12.9. The number of nitrogens with zero attached hydrogens (tertiary/aromatic N) is 3. The van der Waals surface area contributed by atoms with Crippen molar-refractivity contribution in [1.29, 1.82) is 0 Å². The molecule has 1 aliphatic rings. The van der Waals surface area contributed by atoms with Crippen molar-refractivity contribution < 1.29 is 9.53 Å². The highest BCUT2D eigenvalue weighted by atomic mass is 16.5. The Hall–Kier alpha value is -2.82. The number of anilines is 1. The van der Waals surface area contributed by atoms with Crippen molar-refractivity contribution in [2.45, 2.75) is 13.0 Å². The van der Waals surface area contributed by atoms with Gasteiger partial charge < -0.3 is 9.30 Å². The highest BCUT2D eigenvalue weighted by Crippen LogP contribution is 2.28. The molecule has 2 aromatic carbocycles. The normalized spacial score (nSPS) is 13.9. The number of aromatic nitrogens is 2. The lowest BCUT2D eigenvalue weighted by Gasteiger charge is -2.27. The number of hydrogen-bond acceptors (Lipinski definition) is 3. The highest BCUT2D eigenvalue weighted by Gasteiger charge is 2.27. The Bertz CT molecular complexity index is 885. The lowest BCUT2D eigenvalue weighted by atomic mass is 10.1. The molecular formula is C18H17N3O2. The standard InChI is InChI=1S/C18H17N3O2/c1-23-14-7-4-6-13(12-14)17(22)21-11-5-10-20-16-9-3-2-8-15(16)19-18(20)21/h2-4,6-9,12H,5,10-11H2,1H3. The van der Waals surface area contributed by atoms with Crippen LogP contribution in [-0.2, 0) is 6.54 Å². The van der Waals surface area contributed by atoms with E-state index in [0.29, 0.717) is 17.9 Å². The maximum Gasteiger partial charge on any atom is 0.260 e. The molecule has 5 nitrogen and oxygen atoms in total. The van der Waals surface area contributed by atoms with Gasteiger partial charge in [-0.2, -0.15) is 0 Å². The van der Waals surface area contributed by atoms with E-state index in [1.807, 2.05) is 42.5 Å². The summed E-state index contributed by atoms with van der Waals surface area (Å²) in [6, 6.07) is 15.2. The zero-order valence-corrected chi connectivity index (χ0v) is 12.9. The molecule has 4 rings (SSSR count). The molecule has 0 aliphatic carbocycles. The van der Waals surface area contributed by atoms with Gasteiger partial charge in [-0.15, -0.1) is 0 Å². The van der Waals surface area contributed by atoms with E-state index in [-0.39, 0.29) is 5.91 Å². The van der Waals surface area contributed by atoms with E-state index in [2.05, 4.69) is 9.55 Å². The van der Waals surface area contributed by atoms with Crippen molar-refractivity contribution in [3.05, 3.63) is 54.1 Å². The lowest BCUT2D eigenvalue weighted by Crippen LogP contribution is -2.37. The molecule has 0 fully saturated rings. The van der Waals surface area contributed by atoms with Gasteiger partial charge in [-0.05, 0) is 36.8 Å². The summed E-state index contributed by atoms with van der Waals surface area (Å²) < 4.78 is 7.34. The number of methoxy groups -OCH3 is 1. The zero-order valence-electron chi connectivity index (χ0n) is 12.9. The molecule has 0 spiro atoms. The van der Waals surface area contributed by atoms with E-state index in [1.165, 1.54) is 0 Å². The summed E-state index contributed by atoms with van der Waals surface area (Å²) in [5.41, 5.74) is 2.61. The second kappa shape index (κ2) is 5.43. The van der Waals surface area contributed by atoms with Gasteiger partial charge in [0.1, 0.15) is 5.75 Å². The number of para-hydroxylation sites is 2. The first kappa shape index (κ1) is 13.8. The summed E-state index contributed by atoms with van der Waals surface area (Å²) in [6.45, 7) is 1.57. The first-order valence-electron chi connectivity index (χ1n) is 7.69. The Labute approximate surface area is 134 Å². The third-order valence-corrected chi connectivity index (χ3v) is 4.20. The van der Waals surface area contributed by atoms with Gasteiger partial charge in [0.2, 0.25) is 5.95 Å². The number of amides is 1. The molecular weight excluding hydrogens is 290 g/mol. The molecule has 0 bridgehead atoms. The molecule has 0 radical (unpaired) electrons. The monoisotopic (exact) mass is 307 g/mol. The van der Waals surface area contributed by atoms with Gasteiger partial charge in [-0.1, -0.05) is 18.2 Å². The van der Waals surface area contributed by atoms with Crippen LogP contribution in [0.25, 0.3) is 11.0 Å². The number of aryl methyl sites for hydroxylation is 1. The number of imidazole rings is 1. The van der Waals surface area contributed by atoms with E-state index < -0.39 is 0 Å². The number of benzene rings is 2. The van der Waals surface area contributed by atoms with Crippen LogP contribution in [0.3, 0.4) is 0 Å². The molecule has 2 heterocycles. The lowest BCUT2D eigenvalue weighted by molar-refractivity contribution is 0.0981. The van der Waals surface area contributed by atoms with Gasteiger partial charge in [-0.25, -0.2) is 4.98 Å². The molecule has 1 aliphatic heterocycles. The predicted octanol–water partition coefficient (Wildman–Crippen LogP) is 3.10. The molecule has 23 heavy (non-hydrogen) atoms. The Kier molecular flexibility index (Phi) is 3.26. The van der Waals surface area contributed by atoms with E-state index in [9.17, 15) is 4.79 Å². The Morgan fingerprint density at radius 3 is 2.87 bits per heavy atom. The molecule has 0 N–H and O–H groups in total. The van der Waals surface area contributed by atoms with E-state index >= 15 is 0 Å². The van der Waals surface area contributed by atoms with Crippen LogP contribution in [0, 0.1) is 0 Å². The highest BCUT2D eigenvalue weighted by molar-refractivity contribution is 6.06. The number of ether oxygens (including phenoxy) is 1. The SMILES string of the molecule is COc1cccc(C(=O)N2CCCn3c2nc2ccccc23)c1. The van der Waals surface area contributed by atoms with Crippen molar-refractivity contribution in [2.75, 3.05) is 18.6 Å². The summed E-state index contributed by atoms with van der Waals surface area (Å²) in [6.07, 6.45) is 0.920. The second-order valence-corrected chi connectivity index (χ2v) is 5.59. The third-order valence-electron chi connectivity index (χ3n) is 4.20. The average Bonchev–Trinajstić information content (AvgIpc) is 3.00. The predicted molar refractivity (Wildman–Crippen MR) is 89.0 cm³/mol. The fraction of sp³-hybridized carbons (Fsp3) is 0.222. The number of carbonyl (C=O) groups is 1. The smallest absolute Gasteiger partial charge is 0.260 e. The Morgan fingerprint density at radius 1 is 1.13 bits per heavy atom. The minimum Gasteiger partial charge on any atom is -0.497 e. The summed E-state index contributed by atoms with van der Waals surface area (Å²) in [7, 11) is 1.60. The van der Waals surface area contributed by atoms with Crippen molar-refractivity contribution in [3.8, 4) is 5.75 Å². The molecule has 5 heteroatoms. The molecule has 0 unspecified atom stereocenters. The minimum atomic E-state index is -0.0415. The van der Waals surface area contributed by atoms with Crippen LogP contribution >= 0.6 is 0 Å². The molecule has 0 saturated heterocycles. The Morgan fingerprint density at radius 2 is 2.00 bits per heavy atom. The van der Waals surface area contributed by atoms with Crippen LogP contribution < -0.4 is 9.64 Å². The maximum absolute atomic E-state index is 12.9. The summed E-state index contributed by atoms with van der Waals surface area (Å²) >= 11 is 0.